The first-order valence-electron chi connectivity index (χ1n) is 14.5. The van der Waals surface area contributed by atoms with Gasteiger partial charge in [-0.1, -0.05) is 76.8 Å². The average Bonchev–Trinajstić information content (AvgIpc) is 3.13. The molecule has 0 bridgehead atoms. The van der Waals surface area contributed by atoms with Gasteiger partial charge in [0.25, 0.3) is 0 Å². The van der Waals surface area contributed by atoms with Crippen molar-refractivity contribution >= 4 is 14.3 Å². The zero-order valence-electron chi connectivity index (χ0n) is 23.1. The van der Waals surface area contributed by atoms with Gasteiger partial charge in [-0.3, -0.25) is 4.79 Å². The van der Waals surface area contributed by atoms with E-state index in [0.717, 1.165) is 19.3 Å². The minimum atomic E-state index is -1.82. The van der Waals surface area contributed by atoms with Gasteiger partial charge in [0, 0.05) is 11.3 Å². The lowest BCUT2D eigenvalue weighted by molar-refractivity contribution is -0.265. The van der Waals surface area contributed by atoms with Gasteiger partial charge in [0.15, 0.2) is 8.32 Å². The van der Waals surface area contributed by atoms with Crippen molar-refractivity contribution in [2.45, 2.75) is 122 Å². The largest absolute Gasteiger partial charge is 0.462 e. The third kappa shape index (κ3) is 4.15. The third-order valence-electron chi connectivity index (χ3n) is 10.5. The lowest BCUT2D eigenvalue weighted by Crippen LogP contribution is -2.75. The summed E-state index contributed by atoms with van der Waals surface area (Å²) in [5.41, 5.74) is 1.29. The van der Waals surface area contributed by atoms with Crippen LogP contribution in [0.15, 0.2) is 30.3 Å². The Hall–Kier alpha value is -1.13. The van der Waals surface area contributed by atoms with E-state index < -0.39 is 8.32 Å². The van der Waals surface area contributed by atoms with E-state index in [-0.39, 0.29) is 34.4 Å². The number of hydrogen-bond acceptors (Lipinski definition) is 3. The van der Waals surface area contributed by atoms with Gasteiger partial charge < -0.3 is 9.16 Å². The topological polar surface area (TPSA) is 35.5 Å². The summed E-state index contributed by atoms with van der Waals surface area (Å²) in [6.45, 7) is 13.9. The maximum absolute atomic E-state index is 14.2. The predicted octanol–water partition coefficient (Wildman–Crippen LogP) is 7.89. The van der Waals surface area contributed by atoms with Gasteiger partial charge in [-0.05, 0) is 81.0 Å². The van der Waals surface area contributed by atoms with Gasteiger partial charge in [0.05, 0.1) is 11.5 Å². The minimum absolute atomic E-state index is 0.00891. The summed E-state index contributed by atoms with van der Waals surface area (Å²) >= 11 is 0. The molecule has 0 radical (unpaired) electrons. The van der Waals surface area contributed by atoms with Crippen LogP contribution in [0.3, 0.4) is 0 Å². The van der Waals surface area contributed by atoms with Crippen LogP contribution in [-0.2, 0) is 19.4 Å². The van der Waals surface area contributed by atoms with E-state index >= 15 is 0 Å². The molecule has 3 nitrogen and oxygen atoms in total. The normalized spacial score (nSPS) is 39.3. The standard InChI is InChI=1S/C31H48O3Si/c1-22-16-17-24(29(2,3)23-13-8-7-9-14-23)26(21-22)33-28(32)27-25-15-12-19-30(25)18-10-11-20-31(27,30)34-35(4,5)6/h7-9,13-14,22,24-27H,10-12,15-21H2,1-6H3/t22-,24-,25-,26-,27+,30+,31+/m1/s1. The number of carbonyl (C=O) groups is 1. The molecule has 1 spiro atoms. The minimum Gasteiger partial charge on any atom is -0.462 e. The van der Waals surface area contributed by atoms with Crippen LogP contribution < -0.4 is 0 Å². The van der Waals surface area contributed by atoms with E-state index in [0.29, 0.717) is 17.8 Å². The van der Waals surface area contributed by atoms with E-state index in [1.165, 1.54) is 50.5 Å². The molecule has 0 aliphatic heterocycles. The maximum Gasteiger partial charge on any atom is 0.312 e. The summed E-state index contributed by atoms with van der Waals surface area (Å²) in [7, 11) is -1.82. The Kier molecular flexibility index (Phi) is 6.57. The molecule has 4 fully saturated rings. The van der Waals surface area contributed by atoms with Gasteiger partial charge in [-0.2, -0.15) is 0 Å². The molecular weight excluding hydrogens is 448 g/mol. The van der Waals surface area contributed by atoms with Crippen molar-refractivity contribution in [1.82, 2.24) is 0 Å². The fraction of sp³-hybridized carbons (Fsp3) is 0.774. The Bertz CT molecular complexity index is 921. The van der Waals surface area contributed by atoms with Crippen molar-refractivity contribution in [3.8, 4) is 0 Å². The lowest BCUT2D eigenvalue weighted by atomic mass is 9.40. The molecule has 7 atom stereocenters. The molecule has 194 valence electrons. The molecule has 35 heavy (non-hydrogen) atoms. The van der Waals surface area contributed by atoms with Crippen LogP contribution in [0.4, 0.5) is 0 Å². The zero-order chi connectivity index (χ0) is 25.1. The number of carbonyl (C=O) groups excluding carboxylic acids is 1. The molecule has 1 aromatic rings. The molecule has 0 unspecified atom stereocenters. The maximum atomic E-state index is 14.2. The van der Waals surface area contributed by atoms with Crippen molar-refractivity contribution in [3.05, 3.63) is 35.9 Å². The van der Waals surface area contributed by atoms with Crippen molar-refractivity contribution in [2.75, 3.05) is 0 Å². The SMILES string of the molecule is C[C@@H]1CC[C@@H](C(C)(C)c2ccccc2)[C@H](OC(=O)[C@@H]2[C@H]3CCC[C@@]34CCCC[C@]24O[Si](C)(C)C)C1. The third-order valence-corrected chi connectivity index (χ3v) is 11.5. The molecular formula is C31H48O3Si. The molecule has 0 heterocycles. The molecule has 5 rings (SSSR count). The van der Waals surface area contributed by atoms with E-state index in [2.05, 4.69) is 70.7 Å². The van der Waals surface area contributed by atoms with Gasteiger partial charge >= 0.3 is 5.97 Å². The van der Waals surface area contributed by atoms with Gasteiger partial charge in [0.1, 0.15) is 6.10 Å². The first-order valence-corrected chi connectivity index (χ1v) is 17.9. The fourth-order valence-electron chi connectivity index (χ4n) is 9.11. The van der Waals surface area contributed by atoms with Gasteiger partial charge in [0.2, 0.25) is 0 Å². The second-order valence-electron chi connectivity index (χ2n) is 14.0. The molecule has 0 N–H and O–H groups in total. The first-order chi connectivity index (χ1) is 16.5. The lowest BCUT2D eigenvalue weighted by Gasteiger charge is -2.69. The number of hydrogen-bond donors (Lipinski definition) is 0. The van der Waals surface area contributed by atoms with Gasteiger partial charge in [-0.25, -0.2) is 0 Å². The molecule has 4 saturated carbocycles. The van der Waals surface area contributed by atoms with Crippen LogP contribution >= 0.6 is 0 Å². The Labute approximate surface area is 214 Å². The predicted molar refractivity (Wildman–Crippen MR) is 145 cm³/mol. The number of esters is 1. The van der Waals surface area contributed by atoms with Crippen molar-refractivity contribution in [2.24, 2.45) is 29.1 Å². The molecule has 4 heteroatoms. The van der Waals surface area contributed by atoms with E-state index in [1.807, 2.05) is 0 Å². The zero-order valence-corrected chi connectivity index (χ0v) is 24.1. The van der Waals surface area contributed by atoms with Crippen LogP contribution in [-0.4, -0.2) is 26.0 Å². The van der Waals surface area contributed by atoms with E-state index in [9.17, 15) is 4.79 Å². The molecule has 4 aliphatic carbocycles. The van der Waals surface area contributed by atoms with Crippen molar-refractivity contribution in [1.29, 1.82) is 0 Å². The average molecular weight is 497 g/mol. The fourth-order valence-corrected chi connectivity index (χ4v) is 10.6. The molecule has 0 amide bonds. The Morgan fingerprint density at radius 3 is 2.37 bits per heavy atom. The van der Waals surface area contributed by atoms with Crippen LogP contribution in [0.5, 0.6) is 0 Å². The summed E-state index contributed by atoms with van der Waals surface area (Å²) in [6.07, 6.45) is 11.8. The summed E-state index contributed by atoms with van der Waals surface area (Å²) < 4.78 is 13.8. The molecule has 1 aromatic carbocycles. The second-order valence-corrected chi connectivity index (χ2v) is 18.5. The smallest absolute Gasteiger partial charge is 0.312 e. The van der Waals surface area contributed by atoms with Crippen LogP contribution in [0.25, 0.3) is 0 Å². The number of rotatable bonds is 6. The summed E-state index contributed by atoms with van der Waals surface area (Å²) in [4.78, 5) is 14.2. The van der Waals surface area contributed by atoms with Gasteiger partial charge in [-0.15, -0.1) is 0 Å². The molecule has 0 aromatic heterocycles. The Balaban J connectivity index is 1.43. The Morgan fingerprint density at radius 1 is 0.971 bits per heavy atom. The highest BCUT2D eigenvalue weighted by atomic mass is 28.4. The summed E-state index contributed by atoms with van der Waals surface area (Å²) in [5.74, 6) is 1.42. The monoisotopic (exact) mass is 496 g/mol. The van der Waals surface area contributed by atoms with Crippen LogP contribution in [0.1, 0.15) is 90.5 Å². The Morgan fingerprint density at radius 2 is 1.66 bits per heavy atom. The highest BCUT2D eigenvalue weighted by Gasteiger charge is 2.76. The highest BCUT2D eigenvalue weighted by molar-refractivity contribution is 6.69. The quantitative estimate of drug-likeness (QED) is 0.297. The van der Waals surface area contributed by atoms with E-state index in [4.69, 9.17) is 9.16 Å². The second kappa shape index (κ2) is 9.01. The molecule has 4 aliphatic rings. The summed E-state index contributed by atoms with van der Waals surface area (Å²) in [5, 5.41) is 0. The summed E-state index contributed by atoms with van der Waals surface area (Å²) in [6, 6.07) is 10.9. The number of ether oxygens (including phenoxy) is 1. The first kappa shape index (κ1) is 25.5. The molecule has 0 saturated heterocycles. The van der Waals surface area contributed by atoms with Crippen LogP contribution in [0.2, 0.25) is 19.6 Å². The van der Waals surface area contributed by atoms with Crippen molar-refractivity contribution in [3.63, 3.8) is 0 Å². The highest BCUT2D eigenvalue weighted by Crippen LogP contribution is 2.74. The number of benzene rings is 1. The van der Waals surface area contributed by atoms with E-state index in [1.54, 1.807) is 0 Å². The van der Waals surface area contributed by atoms with Crippen molar-refractivity contribution < 1.29 is 14.0 Å². The van der Waals surface area contributed by atoms with Crippen LogP contribution in [0, 0.1) is 29.1 Å².